The number of carbonyl (C=O) groups is 1. The molecule has 24 heavy (non-hydrogen) atoms. The largest absolute Gasteiger partial charge is 0.348 e. The van der Waals surface area contributed by atoms with Crippen LogP contribution in [-0.4, -0.2) is 10.5 Å². The summed E-state index contributed by atoms with van der Waals surface area (Å²) in [5, 5.41) is 3.98. The second-order valence-electron chi connectivity index (χ2n) is 5.67. The maximum absolute atomic E-state index is 12.4. The molecule has 1 N–H and O–H groups in total. The van der Waals surface area contributed by atoms with Crippen molar-refractivity contribution in [3.05, 3.63) is 81.6 Å². The molecule has 1 amide bonds. The molecule has 5 heteroatoms. The first-order chi connectivity index (χ1) is 11.5. The molecular weight excluding hydrogens is 324 g/mol. The molecule has 3 aromatic rings. The van der Waals surface area contributed by atoms with E-state index < -0.39 is 0 Å². The van der Waals surface area contributed by atoms with E-state index in [2.05, 4.69) is 5.32 Å². The van der Waals surface area contributed by atoms with Gasteiger partial charge in [0.2, 0.25) is 5.91 Å². The van der Waals surface area contributed by atoms with Gasteiger partial charge in [-0.05, 0) is 30.7 Å². The average Bonchev–Trinajstić information content (AvgIpc) is 2.58. The molecule has 3 rings (SSSR count). The summed E-state index contributed by atoms with van der Waals surface area (Å²) in [6.07, 6.45) is 1.63. The number of carbonyl (C=O) groups excluding carboxylic acids is 1. The molecule has 4 nitrogen and oxygen atoms in total. The highest BCUT2D eigenvalue weighted by molar-refractivity contribution is 6.31. The van der Waals surface area contributed by atoms with Gasteiger partial charge < -0.3 is 9.88 Å². The third-order valence-corrected chi connectivity index (χ3v) is 4.17. The van der Waals surface area contributed by atoms with Crippen LogP contribution in [0.1, 0.15) is 18.5 Å². The van der Waals surface area contributed by atoms with Crippen molar-refractivity contribution in [3.8, 4) is 0 Å². The van der Waals surface area contributed by atoms with E-state index in [0.29, 0.717) is 15.9 Å². The lowest BCUT2D eigenvalue weighted by atomic mass is 10.1. The van der Waals surface area contributed by atoms with Gasteiger partial charge in [-0.2, -0.15) is 0 Å². The van der Waals surface area contributed by atoms with E-state index in [1.807, 2.05) is 37.3 Å². The molecule has 0 fully saturated rings. The zero-order valence-corrected chi connectivity index (χ0v) is 14.0. The van der Waals surface area contributed by atoms with Crippen LogP contribution < -0.4 is 10.7 Å². The number of amides is 1. The summed E-state index contributed by atoms with van der Waals surface area (Å²) in [4.78, 5) is 24.3. The number of nitrogens with zero attached hydrogens (tertiary/aromatic N) is 1. The van der Waals surface area contributed by atoms with Gasteiger partial charge in [-0.25, -0.2) is 0 Å². The van der Waals surface area contributed by atoms with E-state index in [9.17, 15) is 9.59 Å². The second-order valence-corrected chi connectivity index (χ2v) is 6.11. The van der Waals surface area contributed by atoms with Crippen molar-refractivity contribution >= 4 is 28.4 Å². The Labute approximate surface area is 144 Å². The number of pyridine rings is 1. The van der Waals surface area contributed by atoms with Gasteiger partial charge in [0, 0.05) is 22.7 Å². The van der Waals surface area contributed by atoms with E-state index in [4.69, 9.17) is 11.6 Å². The summed E-state index contributed by atoms with van der Waals surface area (Å²) >= 11 is 5.96. The van der Waals surface area contributed by atoms with Gasteiger partial charge in [-0.1, -0.05) is 41.9 Å². The lowest BCUT2D eigenvalue weighted by molar-refractivity contribution is -0.122. The molecule has 0 bridgehead atoms. The van der Waals surface area contributed by atoms with Gasteiger partial charge in [0.1, 0.15) is 6.54 Å². The number of fused-ring (bicyclic) bond motifs is 1. The standard InChI is InChI=1S/C19H17ClN2O2/c1-13(14-5-3-2-4-6-14)21-19(24)12-22-10-9-18(23)16-11-15(20)7-8-17(16)22/h2-11,13H,12H2,1H3,(H,21,24). The number of aromatic nitrogens is 1. The molecule has 1 aromatic heterocycles. The van der Waals surface area contributed by atoms with Gasteiger partial charge in [-0.3, -0.25) is 9.59 Å². The van der Waals surface area contributed by atoms with Crippen molar-refractivity contribution in [3.63, 3.8) is 0 Å². The molecular formula is C19H17ClN2O2. The van der Waals surface area contributed by atoms with Crippen LogP contribution >= 0.6 is 11.6 Å². The topological polar surface area (TPSA) is 51.1 Å². The summed E-state index contributed by atoms with van der Waals surface area (Å²) in [5.41, 5.74) is 1.62. The Morgan fingerprint density at radius 2 is 1.92 bits per heavy atom. The van der Waals surface area contributed by atoms with Crippen LogP contribution in [0, 0.1) is 0 Å². The van der Waals surface area contributed by atoms with Crippen molar-refractivity contribution < 1.29 is 4.79 Å². The highest BCUT2D eigenvalue weighted by Crippen LogP contribution is 2.17. The third kappa shape index (κ3) is 3.49. The Kier molecular flexibility index (Phi) is 4.67. The molecule has 0 aliphatic heterocycles. The van der Waals surface area contributed by atoms with E-state index in [1.54, 1.807) is 29.0 Å². The minimum Gasteiger partial charge on any atom is -0.348 e. The van der Waals surface area contributed by atoms with Crippen LogP contribution in [0.5, 0.6) is 0 Å². The van der Waals surface area contributed by atoms with Crippen molar-refractivity contribution in [2.24, 2.45) is 0 Å². The maximum Gasteiger partial charge on any atom is 0.240 e. The van der Waals surface area contributed by atoms with Gasteiger partial charge in [-0.15, -0.1) is 0 Å². The van der Waals surface area contributed by atoms with Gasteiger partial charge in [0.25, 0.3) is 0 Å². The Balaban J connectivity index is 1.81. The number of rotatable bonds is 4. The molecule has 122 valence electrons. The number of nitrogens with one attached hydrogen (secondary N) is 1. The van der Waals surface area contributed by atoms with Crippen LogP contribution in [0.3, 0.4) is 0 Å². The zero-order valence-electron chi connectivity index (χ0n) is 13.2. The van der Waals surface area contributed by atoms with E-state index in [1.165, 1.54) is 6.07 Å². The maximum atomic E-state index is 12.4. The lowest BCUT2D eigenvalue weighted by Crippen LogP contribution is -2.30. The summed E-state index contributed by atoms with van der Waals surface area (Å²) in [7, 11) is 0. The zero-order chi connectivity index (χ0) is 17.1. The summed E-state index contributed by atoms with van der Waals surface area (Å²) in [6, 6.07) is 16.2. The first-order valence-corrected chi connectivity index (χ1v) is 8.05. The SMILES string of the molecule is CC(NC(=O)Cn1ccc(=O)c2cc(Cl)ccc21)c1ccccc1. The molecule has 0 saturated heterocycles. The minimum absolute atomic E-state index is 0.0845. The third-order valence-electron chi connectivity index (χ3n) is 3.93. The predicted octanol–water partition coefficient (Wildman–Crippen LogP) is 3.53. The smallest absolute Gasteiger partial charge is 0.240 e. The Morgan fingerprint density at radius 1 is 1.17 bits per heavy atom. The second kappa shape index (κ2) is 6.89. The molecule has 1 heterocycles. The van der Waals surface area contributed by atoms with E-state index >= 15 is 0 Å². The van der Waals surface area contributed by atoms with Crippen LogP contribution in [0.4, 0.5) is 0 Å². The fourth-order valence-corrected chi connectivity index (χ4v) is 2.86. The Bertz CT molecular complexity index is 935. The first kappa shape index (κ1) is 16.3. The summed E-state index contributed by atoms with van der Waals surface area (Å²) in [5.74, 6) is -0.119. The van der Waals surface area contributed by atoms with Crippen molar-refractivity contribution in [2.75, 3.05) is 0 Å². The van der Waals surface area contributed by atoms with Crippen molar-refractivity contribution in [2.45, 2.75) is 19.5 Å². The quantitative estimate of drug-likeness (QED) is 0.790. The molecule has 0 spiro atoms. The van der Waals surface area contributed by atoms with Gasteiger partial charge >= 0.3 is 0 Å². The monoisotopic (exact) mass is 340 g/mol. The molecule has 1 unspecified atom stereocenters. The summed E-state index contributed by atoms with van der Waals surface area (Å²) in [6.45, 7) is 2.08. The van der Waals surface area contributed by atoms with E-state index in [0.717, 1.165) is 5.56 Å². The molecule has 0 saturated carbocycles. The lowest BCUT2D eigenvalue weighted by Gasteiger charge is -2.16. The number of benzene rings is 2. The predicted molar refractivity (Wildman–Crippen MR) is 96.2 cm³/mol. The van der Waals surface area contributed by atoms with E-state index in [-0.39, 0.29) is 23.9 Å². The fraction of sp³-hybridized carbons (Fsp3) is 0.158. The molecule has 0 aliphatic carbocycles. The molecule has 0 aliphatic rings. The number of hydrogen-bond donors (Lipinski definition) is 1. The van der Waals surface area contributed by atoms with Crippen LogP contribution in [-0.2, 0) is 11.3 Å². The fourth-order valence-electron chi connectivity index (χ4n) is 2.69. The number of hydrogen-bond acceptors (Lipinski definition) is 2. The van der Waals surface area contributed by atoms with Crippen molar-refractivity contribution in [1.29, 1.82) is 0 Å². The molecule has 0 radical (unpaired) electrons. The van der Waals surface area contributed by atoms with Gasteiger partial charge in [0.15, 0.2) is 5.43 Å². The number of halogens is 1. The minimum atomic E-state index is -0.119. The van der Waals surface area contributed by atoms with Crippen LogP contribution in [0.25, 0.3) is 10.9 Å². The average molecular weight is 341 g/mol. The summed E-state index contributed by atoms with van der Waals surface area (Å²) < 4.78 is 1.75. The van der Waals surface area contributed by atoms with Crippen LogP contribution in [0.2, 0.25) is 5.02 Å². The van der Waals surface area contributed by atoms with Crippen LogP contribution in [0.15, 0.2) is 65.6 Å². The Morgan fingerprint density at radius 3 is 2.67 bits per heavy atom. The molecule has 1 atom stereocenters. The molecule has 2 aromatic carbocycles. The highest BCUT2D eigenvalue weighted by Gasteiger charge is 2.11. The highest BCUT2D eigenvalue weighted by atomic mass is 35.5. The normalized spacial score (nSPS) is 12.1. The van der Waals surface area contributed by atoms with Gasteiger partial charge in [0.05, 0.1) is 11.6 Å². The Hall–Kier alpha value is -2.59. The van der Waals surface area contributed by atoms with Crippen molar-refractivity contribution in [1.82, 2.24) is 9.88 Å². The first-order valence-electron chi connectivity index (χ1n) is 7.67.